The number of ether oxygens (including phenoxy) is 1. The van der Waals surface area contributed by atoms with E-state index in [4.69, 9.17) is 15.7 Å². The Balaban J connectivity index is 1.83. The predicted molar refractivity (Wildman–Crippen MR) is 69.5 cm³/mol. The molecule has 0 radical (unpaired) electrons. The summed E-state index contributed by atoms with van der Waals surface area (Å²) in [5.74, 6) is 5.20. The van der Waals surface area contributed by atoms with E-state index < -0.39 is 5.91 Å². The number of nitrogen functional groups attached to an aromatic ring is 1. The SMILES string of the molecule is NNC(=O)c1cn(CCOc2ccc(CO)cc2)nn1. The zero-order valence-corrected chi connectivity index (χ0v) is 10.7. The second-order valence-electron chi connectivity index (χ2n) is 3.99. The number of hydrogen-bond donors (Lipinski definition) is 3. The molecule has 20 heavy (non-hydrogen) atoms. The molecular formula is C12H15N5O3. The van der Waals surface area contributed by atoms with Crippen molar-refractivity contribution >= 4 is 5.91 Å². The van der Waals surface area contributed by atoms with E-state index >= 15 is 0 Å². The minimum absolute atomic E-state index is 0.00518. The van der Waals surface area contributed by atoms with Crippen LogP contribution in [-0.4, -0.2) is 32.6 Å². The van der Waals surface area contributed by atoms with Crippen molar-refractivity contribution in [1.29, 1.82) is 0 Å². The molecule has 2 rings (SSSR count). The second kappa shape index (κ2) is 6.64. The van der Waals surface area contributed by atoms with Crippen LogP contribution in [0, 0.1) is 0 Å². The smallest absolute Gasteiger partial charge is 0.287 e. The third-order valence-electron chi connectivity index (χ3n) is 2.60. The standard InChI is InChI=1S/C12H15N5O3/c13-14-12(19)11-7-17(16-15-11)5-6-20-10-3-1-9(8-18)2-4-10/h1-4,7,18H,5-6,8,13H2,(H,14,19). The molecular weight excluding hydrogens is 262 g/mol. The lowest BCUT2D eigenvalue weighted by atomic mass is 10.2. The van der Waals surface area contributed by atoms with Gasteiger partial charge in [-0.1, -0.05) is 17.3 Å². The molecule has 4 N–H and O–H groups in total. The van der Waals surface area contributed by atoms with Crippen molar-refractivity contribution in [3.05, 3.63) is 41.7 Å². The molecule has 8 heteroatoms. The van der Waals surface area contributed by atoms with Crippen LogP contribution in [0.2, 0.25) is 0 Å². The molecule has 106 valence electrons. The van der Waals surface area contributed by atoms with E-state index in [1.165, 1.54) is 10.9 Å². The van der Waals surface area contributed by atoms with Crippen LogP contribution in [0.5, 0.6) is 5.75 Å². The topological polar surface area (TPSA) is 115 Å². The summed E-state index contributed by atoms with van der Waals surface area (Å²) in [4.78, 5) is 11.2. The van der Waals surface area contributed by atoms with Crippen LogP contribution in [0.15, 0.2) is 30.5 Å². The van der Waals surface area contributed by atoms with E-state index in [1.807, 2.05) is 5.43 Å². The summed E-state index contributed by atoms with van der Waals surface area (Å²) < 4.78 is 7.00. The number of rotatable bonds is 6. The van der Waals surface area contributed by atoms with Crippen molar-refractivity contribution in [2.24, 2.45) is 5.84 Å². The summed E-state index contributed by atoms with van der Waals surface area (Å²) in [6.45, 7) is 0.837. The van der Waals surface area contributed by atoms with Gasteiger partial charge in [0.05, 0.1) is 19.3 Å². The van der Waals surface area contributed by atoms with E-state index in [9.17, 15) is 4.79 Å². The number of hydrazine groups is 1. The van der Waals surface area contributed by atoms with Crippen molar-refractivity contribution in [3.8, 4) is 5.75 Å². The van der Waals surface area contributed by atoms with Crippen LogP contribution in [0.4, 0.5) is 0 Å². The van der Waals surface area contributed by atoms with E-state index in [1.54, 1.807) is 24.3 Å². The van der Waals surface area contributed by atoms with E-state index in [0.717, 1.165) is 5.56 Å². The van der Waals surface area contributed by atoms with Crippen molar-refractivity contribution in [3.63, 3.8) is 0 Å². The molecule has 0 unspecified atom stereocenters. The first-order valence-electron chi connectivity index (χ1n) is 5.96. The molecule has 0 saturated carbocycles. The van der Waals surface area contributed by atoms with Gasteiger partial charge in [0.15, 0.2) is 5.69 Å². The van der Waals surface area contributed by atoms with Gasteiger partial charge in [-0.25, -0.2) is 10.5 Å². The van der Waals surface area contributed by atoms with Crippen molar-refractivity contribution in [2.75, 3.05) is 6.61 Å². The highest BCUT2D eigenvalue weighted by molar-refractivity contribution is 5.91. The highest BCUT2D eigenvalue weighted by Crippen LogP contribution is 2.12. The summed E-state index contributed by atoms with van der Waals surface area (Å²) >= 11 is 0. The summed E-state index contributed by atoms with van der Waals surface area (Å²) in [5, 5.41) is 16.4. The fourth-order valence-corrected chi connectivity index (χ4v) is 1.53. The van der Waals surface area contributed by atoms with Crippen molar-refractivity contribution in [2.45, 2.75) is 13.2 Å². The number of aromatic nitrogens is 3. The maximum atomic E-state index is 11.2. The number of aliphatic hydroxyl groups excluding tert-OH is 1. The molecule has 0 aliphatic rings. The summed E-state index contributed by atoms with van der Waals surface area (Å²) in [7, 11) is 0. The predicted octanol–water partition coefficient (Wildman–Crippen LogP) is -0.547. The Bertz CT molecular complexity index is 567. The Labute approximate surface area is 115 Å². The van der Waals surface area contributed by atoms with Crippen molar-refractivity contribution in [1.82, 2.24) is 20.4 Å². The van der Waals surface area contributed by atoms with Crippen LogP contribution in [0.1, 0.15) is 16.1 Å². The van der Waals surface area contributed by atoms with E-state index in [2.05, 4.69) is 10.3 Å². The Morgan fingerprint density at radius 2 is 2.15 bits per heavy atom. The minimum Gasteiger partial charge on any atom is -0.492 e. The number of nitrogens with two attached hydrogens (primary N) is 1. The monoisotopic (exact) mass is 277 g/mol. The number of carbonyl (C=O) groups excluding carboxylic acids is 1. The first-order chi connectivity index (χ1) is 9.72. The fraction of sp³-hybridized carbons (Fsp3) is 0.250. The molecule has 0 spiro atoms. The maximum absolute atomic E-state index is 11.2. The summed E-state index contributed by atoms with van der Waals surface area (Å²) in [6.07, 6.45) is 1.49. The normalized spacial score (nSPS) is 10.3. The largest absolute Gasteiger partial charge is 0.492 e. The van der Waals surface area contributed by atoms with Crippen molar-refractivity contribution < 1.29 is 14.6 Å². The Morgan fingerprint density at radius 3 is 2.80 bits per heavy atom. The molecule has 2 aromatic rings. The lowest BCUT2D eigenvalue weighted by Gasteiger charge is -2.06. The van der Waals surface area contributed by atoms with Gasteiger partial charge in [-0.15, -0.1) is 5.10 Å². The highest BCUT2D eigenvalue weighted by Gasteiger charge is 2.08. The summed E-state index contributed by atoms with van der Waals surface area (Å²) in [6, 6.07) is 7.13. The van der Waals surface area contributed by atoms with Gasteiger partial charge in [-0.3, -0.25) is 10.2 Å². The maximum Gasteiger partial charge on any atom is 0.287 e. The fourth-order valence-electron chi connectivity index (χ4n) is 1.53. The molecule has 0 atom stereocenters. The van der Waals surface area contributed by atoms with Crippen LogP contribution in [0.25, 0.3) is 0 Å². The van der Waals surface area contributed by atoms with Gasteiger partial charge in [-0.05, 0) is 17.7 Å². The van der Waals surface area contributed by atoms with Gasteiger partial charge >= 0.3 is 0 Å². The number of nitrogens with one attached hydrogen (secondary N) is 1. The molecule has 0 aliphatic heterocycles. The first kappa shape index (κ1) is 14.0. The van der Waals surface area contributed by atoms with Crippen LogP contribution < -0.4 is 16.0 Å². The highest BCUT2D eigenvalue weighted by atomic mass is 16.5. The van der Waals surface area contributed by atoms with Crippen LogP contribution in [0.3, 0.4) is 0 Å². The van der Waals surface area contributed by atoms with Gasteiger partial charge in [0.1, 0.15) is 12.4 Å². The zero-order valence-electron chi connectivity index (χ0n) is 10.7. The average molecular weight is 277 g/mol. The molecule has 0 saturated heterocycles. The molecule has 1 amide bonds. The minimum atomic E-state index is -0.489. The zero-order chi connectivity index (χ0) is 14.4. The van der Waals surface area contributed by atoms with Gasteiger partial charge in [0.25, 0.3) is 5.91 Å². The van der Waals surface area contributed by atoms with Gasteiger partial charge in [0, 0.05) is 0 Å². The summed E-state index contributed by atoms with van der Waals surface area (Å²) in [5.41, 5.74) is 2.96. The number of nitrogens with zero attached hydrogens (tertiary/aromatic N) is 3. The third kappa shape index (κ3) is 3.53. The Morgan fingerprint density at radius 1 is 1.40 bits per heavy atom. The molecule has 8 nitrogen and oxygen atoms in total. The second-order valence-corrected chi connectivity index (χ2v) is 3.99. The molecule has 0 aliphatic carbocycles. The number of hydrogen-bond acceptors (Lipinski definition) is 6. The molecule has 1 aromatic heterocycles. The Kier molecular flexibility index (Phi) is 4.64. The quantitative estimate of drug-likeness (QED) is 0.371. The first-order valence-corrected chi connectivity index (χ1v) is 5.96. The molecule has 1 aromatic carbocycles. The number of amides is 1. The van der Waals surface area contributed by atoms with Gasteiger partial charge < -0.3 is 9.84 Å². The van der Waals surface area contributed by atoms with Gasteiger partial charge in [-0.2, -0.15) is 0 Å². The third-order valence-corrected chi connectivity index (χ3v) is 2.60. The average Bonchev–Trinajstić information content (AvgIpc) is 2.96. The molecule has 0 bridgehead atoms. The van der Waals surface area contributed by atoms with E-state index in [0.29, 0.717) is 18.9 Å². The lowest BCUT2D eigenvalue weighted by Crippen LogP contribution is -2.30. The number of aliphatic hydroxyl groups is 1. The van der Waals surface area contributed by atoms with E-state index in [-0.39, 0.29) is 12.3 Å². The van der Waals surface area contributed by atoms with Crippen LogP contribution >= 0.6 is 0 Å². The molecule has 1 heterocycles. The number of benzene rings is 1. The lowest BCUT2D eigenvalue weighted by molar-refractivity contribution is 0.0948. The van der Waals surface area contributed by atoms with Crippen LogP contribution in [-0.2, 0) is 13.2 Å². The van der Waals surface area contributed by atoms with Gasteiger partial charge in [0.2, 0.25) is 0 Å². The Hall–Kier alpha value is -2.45. The number of carbonyl (C=O) groups is 1. The molecule has 0 fully saturated rings.